The van der Waals surface area contributed by atoms with Gasteiger partial charge in [0.2, 0.25) is 0 Å². The standard InChI is InChI=1S/C26H23ClN4OS/c1-17-16-18(12-13-19(17)27)30-15-7-10-22(30)25-24(20-8-5-6-14-28-20)29-26(33)31(25)21-9-3-4-11-23(21)32-2/h3-16,24-25H,1-2H3,(H,29,33)/t24-,25-/m1/s1. The summed E-state index contributed by atoms with van der Waals surface area (Å²) in [4.78, 5) is 6.77. The van der Waals surface area contributed by atoms with Gasteiger partial charge in [0, 0.05) is 28.8 Å². The second kappa shape index (κ2) is 8.89. The SMILES string of the molecule is COc1ccccc1N1C(=S)N[C@H](c2ccccn2)[C@H]1c1cccn1-c1ccc(Cl)c(C)c1. The number of benzene rings is 2. The van der Waals surface area contributed by atoms with Crippen molar-refractivity contribution in [1.82, 2.24) is 14.9 Å². The van der Waals surface area contributed by atoms with Crippen molar-refractivity contribution in [2.75, 3.05) is 12.0 Å². The highest BCUT2D eigenvalue weighted by Crippen LogP contribution is 2.44. The molecule has 0 amide bonds. The number of aryl methyl sites for hydroxylation is 1. The molecule has 1 aliphatic rings. The maximum Gasteiger partial charge on any atom is 0.174 e. The normalized spacial score (nSPS) is 17.8. The van der Waals surface area contributed by atoms with Crippen molar-refractivity contribution in [3.63, 3.8) is 0 Å². The molecular weight excluding hydrogens is 452 g/mol. The van der Waals surface area contributed by atoms with E-state index in [4.69, 9.17) is 28.6 Å². The first-order valence-electron chi connectivity index (χ1n) is 10.7. The monoisotopic (exact) mass is 474 g/mol. The van der Waals surface area contributed by atoms with Crippen LogP contribution < -0.4 is 15.0 Å². The maximum absolute atomic E-state index is 6.30. The van der Waals surface area contributed by atoms with E-state index in [0.29, 0.717) is 5.11 Å². The predicted octanol–water partition coefficient (Wildman–Crippen LogP) is 6.02. The first-order chi connectivity index (χ1) is 16.1. The molecule has 0 saturated carbocycles. The third kappa shape index (κ3) is 3.86. The van der Waals surface area contributed by atoms with Gasteiger partial charge >= 0.3 is 0 Å². The Kier molecular flexibility index (Phi) is 5.79. The average molecular weight is 475 g/mol. The number of nitrogens with one attached hydrogen (secondary N) is 1. The number of hydrogen-bond donors (Lipinski definition) is 1. The number of anilines is 1. The number of aromatic nitrogens is 2. The van der Waals surface area contributed by atoms with Crippen LogP contribution in [0.1, 0.15) is 29.0 Å². The third-order valence-electron chi connectivity index (χ3n) is 5.95. The van der Waals surface area contributed by atoms with Gasteiger partial charge in [-0.25, -0.2) is 0 Å². The number of ether oxygens (including phenoxy) is 1. The number of hydrogen-bond acceptors (Lipinski definition) is 3. The van der Waals surface area contributed by atoms with Gasteiger partial charge < -0.3 is 19.5 Å². The van der Waals surface area contributed by atoms with Crippen molar-refractivity contribution >= 4 is 34.6 Å². The molecule has 7 heteroatoms. The lowest BCUT2D eigenvalue weighted by atomic mass is 10.0. The van der Waals surface area contributed by atoms with Gasteiger partial charge in [0.1, 0.15) is 11.8 Å². The molecule has 2 aromatic heterocycles. The summed E-state index contributed by atoms with van der Waals surface area (Å²) in [5.41, 5.74) is 4.96. The molecule has 0 unspecified atom stereocenters. The van der Waals surface area contributed by atoms with Crippen molar-refractivity contribution in [1.29, 1.82) is 0 Å². The van der Waals surface area contributed by atoms with Crippen LogP contribution in [0.5, 0.6) is 5.75 Å². The van der Waals surface area contributed by atoms with E-state index >= 15 is 0 Å². The fraction of sp³-hybridized carbons (Fsp3) is 0.154. The molecule has 3 heterocycles. The van der Waals surface area contributed by atoms with E-state index in [1.165, 1.54) is 0 Å². The Hall–Kier alpha value is -3.35. The highest BCUT2D eigenvalue weighted by Gasteiger charge is 2.43. The van der Waals surface area contributed by atoms with Crippen LogP contribution in [-0.4, -0.2) is 21.8 Å². The highest BCUT2D eigenvalue weighted by atomic mass is 35.5. The molecule has 1 N–H and O–H groups in total. The number of pyridine rings is 1. The van der Waals surface area contributed by atoms with Gasteiger partial charge in [-0.1, -0.05) is 29.8 Å². The van der Waals surface area contributed by atoms with Gasteiger partial charge in [-0.2, -0.15) is 0 Å². The Bertz CT molecular complexity index is 1310. The van der Waals surface area contributed by atoms with E-state index < -0.39 is 0 Å². The van der Waals surface area contributed by atoms with Crippen molar-refractivity contribution < 1.29 is 4.74 Å². The number of nitrogens with zero attached hydrogens (tertiary/aromatic N) is 3. The lowest BCUT2D eigenvalue weighted by Crippen LogP contribution is -2.30. The minimum absolute atomic E-state index is 0.148. The van der Waals surface area contributed by atoms with Crippen LogP contribution in [0.3, 0.4) is 0 Å². The van der Waals surface area contributed by atoms with Crippen molar-refractivity contribution in [3.05, 3.63) is 107 Å². The second-order valence-corrected chi connectivity index (χ2v) is 8.70. The Morgan fingerprint density at radius 3 is 2.61 bits per heavy atom. The van der Waals surface area contributed by atoms with Gasteiger partial charge in [0.15, 0.2) is 5.11 Å². The van der Waals surface area contributed by atoms with Crippen LogP contribution in [0.2, 0.25) is 5.02 Å². The molecule has 5 rings (SSSR count). The van der Waals surface area contributed by atoms with Crippen LogP contribution >= 0.6 is 23.8 Å². The van der Waals surface area contributed by atoms with Crippen LogP contribution in [0.15, 0.2) is 85.2 Å². The van der Waals surface area contributed by atoms with Crippen molar-refractivity contribution in [2.45, 2.75) is 19.0 Å². The third-order valence-corrected chi connectivity index (χ3v) is 6.68. The summed E-state index contributed by atoms with van der Waals surface area (Å²) in [6.07, 6.45) is 3.87. The van der Waals surface area contributed by atoms with Gasteiger partial charge in [0.25, 0.3) is 0 Å². The second-order valence-electron chi connectivity index (χ2n) is 7.90. The number of methoxy groups -OCH3 is 1. The molecular formula is C26H23ClN4OS. The number of thiocarbonyl (C=S) groups is 1. The Labute approximate surface area is 203 Å². The van der Waals surface area contributed by atoms with E-state index in [9.17, 15) is 0 Å². The zero-order valence-corrected chi connectivity index (χ0v) is 19.8. The summed E-state index contributed by atoms with van der Waals surface area (Å²) in [6.45, 7) is 2.01. The number of rotatable bonds is 5. The van der Waals surface area contributed by atoms with Crippen LogP contribution in [-0.2, 0) is 0 Å². The summed E-state index contributed by atoms with van der Waals surface area (Å²) in [6, 6.07) is 23.8. The molecule has 166 valence electrons. The number of halogens is 1. The van der Waals surface area contributed by atoms with E-state index in [2.05, 4.69) is 44.2 Å². The molecule has 33 heavy (non-hydrogen) atoms. The van der Waals surface area contributed by atoms with Gasteiger partial charge in [-0.3, -0.25) is 4.98 Å². The smallest absolute Gasteiger partial charge is 0.174 e. The molecule has 5 nitrogen and oxygen atoms in total. The minimum Gasteiger partial charge on any atom is -0.495 e. The molecule has 0 spiro atoms. The van der Waals surface area contributed by atoms with E-state index in [-0.39, 0.29) is 12.1 Å². The molecule has 0 radical (unpaired) electrons. The molecule has 0 aliphatic carbocycles. The first-order valence-corrected chi connectivity index (χ1v) is 11.4. The molecule has 1 fully saturated rings. The average Bonchev–Trinajstić information content (AvgIpc) is 3.45. The molecule has 4 aromatic rings. The van der Waals surface area contributed by atoms with Crippen LogP contribution in [0, 0.1) is 6.92 Å². The Morgan fingerprint density at radius 1 is 1.03 bits per heavy atom. The Morgan fingerprint density at radius 2 is 1.85 bits per heavy atom. The molecule has 2 atom stereocenters. The summed E-state index contributed by atoms with van der Waals surface area (Å²) in [5, 5.41) is 4.89. The summed E-state index contributed by atoms with van der Waals surface area (Å²) in [7, 11) is 1.68. The fourth-order valence-corrected chi connectivity index (χ4v) is 4.85. The predicted molar refractivity (Wildman–Crippen MR) is 136 cm³/mol. The quantitative estimate of drug-likeness (QED) is 0.358. The first kappa shape index (κ1) is 21.5. The lowest BCUT2D eigenvalue weighted by molar-refractivity contribution is 0.414. The van der Waals surface area contributed by atoms with E-state index in [1.54, 1.807) is 7.11 Å². The van der Waals surface area contributed by atoms with E-state index in [1.807, 2.05) is 67.7 Å². The van der Waals surface area contributed by atoms with E-state index in [0.717, 1.165) is 39.1 Å². The zero-order chi connectivity index (χ0) is 22.9. The van der Waals surface area contributed by atoms with Crippen molar-refractivity contribution in [3.8, 4) is 11.4 Å². The molecule has 1 aliphatic heterocycles. The van der Waals surface area contributed by atoms with Crippen LogP contribution in [0.4, 0.5) is 5.69 Å². The summed E-state index contributed by atoms with van der Waals surface area (Å²) >= 11 is 12.2. The fourth-order valence-electron chi connectivity index (χ4n) is 4.39. The molecule has 2 aromatic carbocycles. The minimum atomic E-state index is -0.158. The topological polar surface area (TPSA) is 42.3 Å². The zero-order valence-electron chi connectivity index (χ0n) is 18.3. The van der Waals surface area contributed by atoms with Gasteiger partial charge in [-0.05, 0) is 79.3 Å². The highest BCUT2D eigenvalue weighted by molar-refractivity contribution is 7.80. The molecule has 1 saturated heterocycles. The summed E-state index contributed by atoms with van der Waals surface area (Å²) < 4.78 is 7.87. The largest absolute Gasteiger partial charge is 0.495 e. The van der Waals surface area contributed by atoms with Gasteiger partial charge in [0.05, 0.1) is 24.5 Å². The van der Waals surface area contributed by atoms with Crippen LogP contribution in [0.25, 0.3) is 5.69 Å². The lowest BCUT2D eigenvalue weighted by Gasteiger charge is -2.30. The number of para-hydroxylation sites is 2. The van der Waals surface area contributed by atoms with Gasteiger partial charge in [-0.15, -0.1) is 0 Å². The molecule has 0 bridgehead atoms. The summed E-state index contributed by atoms with van der Waals surface area (Å²) in [5.74, 6) is 0.758. The maximum atomic E-state index is 6.30. The van der Waals surface area contributed by atoms with Crippen molar-refractivity contribution in [2.24, 2.45) is 0 Å². The Balaban J connectivity index is 1.69.